The normalized spacial score (nSPS) is 39.5. The highest BCUT2D eigenvalue weighted by atomic mass is 19.1. The lowest BCUT2D eigenvalue weighted by Crippen LogP contribution is -2.28. The molecule has 0 aromatic carbocycles. The molecule has 0 saturated heterocycles. The average Bonchev–Trinajstić information content (AvgIpc) is 1.85. The molecule has 3 atom stereocenters. The Kier molecular flexibility index (Phi) is 2.91. The molecule has 0 amide bonds. The van der Waals surface area contributed by atoms with Gasteiger partial charge in [0.25, 0.3) is 0 Å². The first-order valence-corrected chi connectivity index (χ1v) is 4.75. The Morgan fingerprint density at radius 2 is 1.91 bits per heavy atom. The smallest absolute Gasteiger partial charge is 0.103 e. The van der Waals surface area contributed by atoms with E-state index in [1.807, 2.05) is 0 Å². The molecular formula is C10H19F. The highest BCUT2D eigenvalue weighted by Gasteiger charge is 2.30. The fourth-order valence-electron chi connectivity index (χ4n) is 2.09. The number of hydrogen-bond acceptors (Lipinski definition) is 0. The minimum absolute atomic E-state index is 0.339. The van der Waals surface area contributed by atoms with Gasteiger partial charge in [0.2, 0.25) is 0 Å². The van der Waals surface area contributed by atoms with Gasteiger partial charge >= 0.3 is 0 Å². The standard InChI is InChI=1S/C10H19F/c1-7(2)9-5-4-8(3)6-10(9)11/h7-10H,4-6H2,1-3H3/t8-,9+,10+/m0/s1. The van der Waals surface area contributed by atoms with Crippen LogP contribution in [0.3, 0.4) is 0 Å². The van der Waals surface area contributed by atoms with Crippen molar-refractivity contribution in [3.8, 4) is 0 Å². The first-order valence-electron chi connectivity index (χ1n) is 4.75. The van der Waals surface area contributed by atoms with Gasteiger partial charge in [-0.1, -0.05) is 27.2 Å². The molecule has 1 aliphatic carbocycles. The predicted octanol–water partition coefficient (Wildman–Crippen LogP) is 3.42. The Hall–Kier alpha value is -0.0700. The molecule has 0 N–H and O–H groups in total. The van der Waals surface area contributed by atoms with E-state index >= 15 is 0 Å². The Morgan fingerprint density at radius 3 is 2.36 bits per heavy atom. The van der Waals surface area contributed by atoms with Gasteiger partial charge in [-0.25, -0.2) is 4.39 Å². The molecule has 0 aromatic heterocycles. The van der Waals surface area contributed by atoms with Gasteiger partial charge < -0.3 is 0 Å². The van der Waals surface area contributed by atoms with E-state index in [2.05, 4.69) is 20.8 Å². The molecule has 1 heteroatoms. The molecule has 0 unspecified atom stereocenters. The lowest BCUT2D eigenvalue weighted by atomic mass is 9.76. The predicted molar refractivity (Wildman–Crippen MR) is 46.2 cm³/mol. The van der Waals surface area contributed by atoms with E-state index in [9.17, 15) is 4.39 Å². The molecule has 11 heavy (non-hydrogen) atoms. The first kappa shape index (κ1) is 9.02. The van der Waals surface area contributed by atoms with Crippen molar-refractivity contribution in [2.45, 2.75) is 46.2 Å². The molecule has 0 radical (unpaired) electrons. The monoisotopic (exact) mass is 158 g/mol. The summed E-state index contributed by atoms with van der Waals surface area (Å²) in [7, 11) is 0. The topological polar surface area (TPSA) is 0 Å². The van der Waals surface area contributed by atoms with Crippen LogP contribution in [0, 0.1) is 17.8 Å². The van der Waals surface area contributed by atoms with Crippen molar-refractivity contribution in [3.63, 3.8) is 0 Å². The lowest BCUT2D eigenvalue weighted by Gasteiger charge is -2.32. The molecular weight excluding hydrogens is 139 g/mol. The molecule has 1 aliphatic rings. The third kappa shape index (κ3) is 2.18. The first-order chi connectivity index (χ1) is 5.11. The van der Waals surface area contributed by atoms with E-state index < -0.39 is 6.17 Å². The Bertz CT molecular complexity index is 120. The minimum Gasteiger partial charge on any atom is -0.247 e. The van der Waals surface area contributed by atoms with Crippen LogP contribution in [0.25, 0.3) is 0 Å². The Morgan fingerprint density at radius 1 is 1.27 bits per heavy atom. The molecule has 0 spiro atoms. The van der Waals surface area contributed by atoms with Crippen molar-refractivity contribution in [3.05, 3.63) is 0 Å². The highest BCUT2D eigenvalue weighted by Crippen LogP contribution is 2.35. The summed E-state index contributed by atoms with van der Waals surface area (Å²) in [6, 6.07) is 0. The van der Waals surface area contributed by atoms with E-state index in [1.54, 1.807) is 0 Å². The molecule has 1 saturated carbocycles. The average molecular weight is 158 g/mol. The van der Waals surface area contributed by atoms with Crippen LogP contribution >= 0.6 is 0 Å². The number of rotatable bonds is 1. The van der Waals surface area contributed by atoms with Gasteiger partial charge in [-0.3, -0.25) is 0 Å². The zero-order chi connectivity index (χ0) is 8.43. The summed E-state index contributed by atoms with van der Waals surface area (Å²) in [6.07, 6.45) is 2.59. The van der Waals surface area contributed by atoms with E-state index in [0.717, 1.165) is 12.8 Å². The minimum atomic E-state index is -0.529. The van der Waals surface area contributed by atoms with Crippen LogP contribution in [-0.4, -0.2) is 6.17 Å². The quantitative estimate of drug-likeness (QED) is 0.548. The fraction of sp³-hybridized carbons (Fsp3) is 1.00. The van der Waals surface area contributed by atoms with Gasteiger partial charge in [-0.05, 0) is 30.6 Å². The third-order valence-corrected chi connectivity index (χ3v) is 2.94. The van der Waals surface area contributed by atoms with Crippen molar-refractivity contribution in [2.75, 3.05) is 0 Å². The van der Waals surface area contributed by atoms with Gasteiger partial charge in [0, 0.05) is 0 Å². The van der Waals surface area contributed by atoms with E-state index in [1.165, 1.54) is 6.42 Å². The van der Waals surface area contributed by atoms with Gasteiger partial charge in [-0.15, -0.1) is 0 Å². The maximum atomic E-state index is 13.3. The summed E-state index contributed by atoms with van der Waals surface area (Å²) in [5.41, 5.74) is 0. The number of hydrogen-bond donors (Lipinski definition) is 0. The van der Waals surface area contributed by atoms with Crippen molar-refractivity contribution >= 4 is 0 Å². The van der Waals surface area contributed by atoms with Gasteiger partial charge in [0.15, 0.2) is 0 Å². The summed E-state index contributed by atoms with van der Waals surface area (Å²) in [5, 5.41) is 0. The van der Waals surface area contributed by atoms with E-state index in [4.69, 9.17) is 0 Å². The Labute approximate surface area is 69.2 Å². The lowest BCUT2D eigenvalue weighted by molar-refractivity contribution is 0.1000. The van der Waals surface area contributed by atoms with Crippen LogP contribution in [0.5, 0.6) is 0 Å². The molecule has 0 nitrogen and oxygen atoms in total. The largest absolute Gasteiger partial charge is 0.247 e. The summed E-state index contributed by atoms with van der Waals surface area (Å²) >= 11 is 0. The zero-order valence-corrected chi connectivity index (χ0v) is 7.81. The Balaban J connectivity index is 2.44. The summed E-state index contributed by atoms with van der Waals surface area (Å²) in [4.78, 5) is 0. The fourth-order valence-corrected chi connectivity index (χ4v) is 2.09. The summed E-state index contributed by atoms with van der Waals surface area (Å²) < 4.78 is 13.3. The zero-order valence-electron chi connectivity index (χ0n) is 7.81. The second-order valence-corrected chi connectivity index (χ2v) is 4.34. The highest BCUT2D eigenvalue weighted by molar-refractivity contribution is 4.79. The van der Waals surface area contributed by atoms with Crippen LogP contribution in [0.2, 0.25) is 0 Å². The van der Waals surface area contributed by atoms with Gasteiger partial charge in [0.05, 0.1) is 0 Å². The van der Waals surface area contributed by atoms with E-state index in [-0.39, 0.29) is 0 Å². The van der Waals surface area contributed by atoms with Crippen LogP contribution in [0.4, 0.5) is 4.39 Å². The SMILES string of the molecule is CC(C)[C@H]1CC[C@H](C)C[C@H]1F. The number of halogens is 1. The van der Waals surface area contributed by atoms with Crippen molar-refractivity contribution in [2.24, 2.45) is 17.8 Å². The van der Waals surface area contributed by atoms with Crippen molar-refractivity contribution in [1.82, 2.24) is 0 Å². The second kappa shape index (κ2) is 3.55. The molecule has 0 bridgehead atoms. The van der Waals surface area contributed by atoms with Crippen molar-refractivity contribution < 1.29 is 4.39 Å². The van der Waals surface area contributed by atoms with Crippen LogP contribution in [-0.2, 0) is 0 Å². The van der Waals surface area contributed by atoms with E-state index in [0.29, 0.717) is 17.8 Å². The molecule has 1 rings (SSSR count). The summed E-state index contributed by atoms with van der Waals surface area (Å²) in [6.45, 7) is 6.42. The van der Waals surface area contributed by atoms with Gasteiger partial charge in [-0.2, -0.15) is 0 Å². The molecule has 0 heterocycles. The maximum Gasteiger partial charge on any atom is 0.103 e. The van der Waals surface area contributed by atoms with Gasteiger partial charge in [0.1, 0.15) is 6.17 Å². The maximum absolute atomic E-state index is 13.3. The second-order valence-electron chi connectivity index (χ2n) is 4.34. The summed E-state index contributed by atoms with van der Waals surface area (Å²) in [5.74, 6) is 1.48. The van der Waals surface area contributed by atoms with Crippen LogP contribution < -0.4 is 0 Å². The number of alkyl halides is 1. The molecule has 66 valence electrons. The van der Waals surface area contributed by atoms with Crippen LogP contribution in [0.15, 0.2) is 0 Å². The molecule has 0 aromatic rings. The van der Waals surface area contributed by atoms with Crippen molar-refractivity contribution in [1.29, 1.82) is 0 Å². The van der Waals surface area contributed by atoms with Crippen LogP contribution in [0.1, 0.15) is 40.0 Å². The molecule has 0 aliphatic heterocycles. The molecule has 1 fully saturated rings. The third-order valence-electron chi connectivity index (χ3n) is 2.94.